The van der Waals surface area contributed by atoms with E-state index in [4.69, 9.17) is 4.74 Å². The van der Waals surface area contributed by atoms with Crippen LogP contribution in [0.3, 0.4) is 0 Å². The van der Waals surface area contributed by atoms with Crippen molar-refractivity contribution in [2.75, 3.05) is 12.4 Å². The van der Waals surface area contributed by atoms with Gasteiger partial charge in [0.15, 0.2) is 0 Å². The molecule has 0 spiro atoms. The molecule has 0 aliphatic heterocycles. The molecule has 1 heterocycles. The minimum absolute atomic E-state index is 0.103. The third-order valence-electron chi connectivity index (χ3n) is 4.85. The fourth-order valence-electron chi connectivity index (χ4n) is 3.15. The molecule has 0 unspecified atom stereocenters. The van der Waals surface area contributed by atoms with Gasteiger partial charge in [0.05, 0.1) is 0 Å². The van der Waals surface area contributed by atoms with Crippen LogP contribution < -0.4 is 15.4 Å². The van der Waals surface area contributed by atoms with Crippen LogP contribution in [-0.2, 0) is 0 Å². The van der Waals surface area contributed by atoms with Gasteiger partial charge in [-0.1, -0.05) is 13.8 Å². The van der Waals surface area contributed by atoms with Crippen LogP contribution in [0.15, 0.2) is 18.2 Å². The largest absolute Gasteiger partial charge is 0.438 e. The Hall–Kier alpha value is -2.56. The van der Waals surface area contributed by atoms with Gasteiger partial charge < -0.3 is 15.4 Å². The summed E-state index contributed by atoms with van der Waals surface area (Å²) in [4.78, 5) is 16.5. The zero-order valence-electron chi connectivity index (χ0n) is 17.5. The summed E-state index contributed by atoms with van der Waals surface area (Å²) in [5, 5.41) is 6.26. The van der Waals surface area contributed by atoms with Crippen molar-refractivity contribution in [1.82, 2.24) is 10.3 Å². The number of pyridine rings is 1. The van der Waals surface area contributed by atoms with E-state index in [9.17, 15) is 4.79 Å². The van der Waals surface area contributed by atoms with Crippen LogP contribution in [0.25, 0.3) is 0 Å². The SMILES string of the molecule is CCC(CC)Nc1cc(C)nc(Oc2c(C)cc(C(=O)NC)cc2C)c1C. The molecule has 0 aliphatic rings. The van der Waals surface area contributed by atoms with Crippen LogP contribution in [0, 0.1) is 27.7 Å². The van der Waals surface area contributed by atoms with E-state index in [0.29, 0.717) is 17.5 Å². The van der Waals surface area contributed by atoms with Gasteiger partial charge in [-0.15, -0.1) is 0 Å². The summed E-state index contributed by atoms with van der Waals surface area (Å²) in [6, 6.07) is 6.17. The molecule has 0 fully saturated rings. The van der Waals surface area contributed by atoms with Crippen molar-refractivity contribution in [3.05, 3.63) is 46.1 Å². The maximum Gasteiger partial charge on any atom is 0.251 e. The molecule has 2 aromatic rings. The molecule has 5 heteroatoms. The van der Waals surface area contributed by atoms with E-state index < -0.39 is 0 Å². The third kappa shape index (κ3) is 4.79. The molecule has 146 valence electrons. The number of hydrogen-bond acceptors (Lipinski definition) is 4. The zero-order valence-corrected chi connectivity index (χ0v) is 17.5. The summed E-state index contributed by atoms with van der Waals surface area (Å²) in [6.07, 6.45) is 2.12. The predicted octanol–water partition coefficient (Wildman–Crippen LogP) is 5.07. The molecule has 0 radical (unpaired) electrons. The van der Waals surface area contributed by atoms with E-state index >= 15 is 0 Å². The average molecular weight is 370 g/mol. The van der Waals surface area contributed by atoms with Gasteiger partial charge in [0, 0.05) is 35.6 Å². The zero-order chi connectivity index (χ0) is 20.1. The molecule has 2 rings (SSSR count). The van der Waals surface area contributed by atoms with E-state index in [1.165, 1.54) is 0 Å². The Morgan fingerprint density at radius 3 is 2.19 bits per heavy atom. The van der Waals surface area contributed by atoms with Gasteiger partial charge in [-0.05, 0) is 69.9 Å². The fourth-order valence-corrected chi connectivity index (χ4v) is 3.15. The standard InChI is InChI=1S/C22H31N3O2/c1-8-18(9-2)25-19-12-15(5)24-22(16(19)6)27-20-13(3)10-17(11-14(20)4)21(26)23-7/h10-12,18H,8-9H2,1-7H3,(H,23,26)(H,24,25). The molecule has 5 nitrogen and oxygen atoms in total. The lowest BCUT2D eigenvalue weighted by Gasteiger charge is -2.21. The van der Waals surface area contributed by atoms with Gasteiger partial charge in [0.1, 0.15) is 5.75 Å². The van der Waals surface area contributed by atoms with Gasteiger partial charge in [0.2, 0.25) is 5.88 Å². The third-order valence-corrected chi connectivity index (χ3v) is 4.85. The van der Waals surface area contributed by atoms with Crippen molar-refractivity contribution in [3.8, 4) is 11.6 Å². The second-order valence-electron chi connectivity index (χ2n) is 7.02. The molecule has 0 aliphatic carbocycles. The molecule has 1 aromatic heterocycles. The van der Waals surface area contributed by atoms with E-state index in [0.717, 1.165) is 46.7 Å². The monoisotopic (exact) mass is 369 g/mol. The highest BCUT2D eigenvalue weighted by Crippen LogP contribution is 2.33. The van der Waals surface area contributed by atoms with Gasteiger partial charge in [-0.2, -0.15) is 0 Å². The Morgan fingerprint density at radius 1 is 1.07 bits per heavy atom. The molecule has 0 atom stereocenters. The minimum Gasteiger partial charge on any atom is -0.438 e. The number of benzene rings is 1. The van der Waals surface area contributed by atoms with E-state index in [1.54, 1.807) is 7.05 Å². The Labute approximate surface area is 162 Å². The summed E-state index contributed by atoms with van der Waals surface area (Å²) >= 11 is 0. The summed E-state index contributed by atoms with van der Waals surface area (Å²) in [7, 11) is 1.63. The van der Waals surface area contributed by atoms with Crippen LogP contribution >= 0.6 is 0 Å². The topological polar surface area (TPSA) is 63.3 Å². The van der Waals surface area contributed by atoms with Crippen molar-refractivity contribution >= 4 is 11.6 Å². The first-order chi connectivity index (χ1) is 12.8. The quantitative estimate of drug-likeness (QED) is 0.715. The van der Waals surface area contributed by atoms with Gasteiger partial charge >= 0.3 is 0 Å². The summed E-state index contributed by atoms with van der Waals surface area (Å²) in [5.41, 5.74) is 5.40. The number of ether oxygens (including phenoxy) is 1. The molecule has 1 amide bonds. The number of carbonyl (C=O) groups excluding carboxylic acids is 1. The molecular formula is C22H31N3O2. The first-order valence-electron chi connectivity index (χ1n) is 9.56. The normalized spacial score (nSPS) is 10.8. The van der Waals surface area contributed by atoms with Crippen LogP contribution in [0.1, 0.15) is 59.4 Å². The second kappa shape index (κ2) is 8.89. The van der Waals surface area contributed by atoms with Crippen molar-refractivity contribution in [2.45, 2.75) is 60.4 Å². The summed E-state index contributed by atoms with van der Waals surface area (Å²) < 4.78 is 6.23. The second-order valence-corrected chi connectivity index (χ2v) is 7.02. The lowest BCUT2D eigenvalue weighted by molar-refractivity contribution is 0.0963. The Balaban J connectivity index is 2.40. The molecule has 0 saturated heterocycles. The first-order valence-corrected chi connectivity index (χ1v) is 9.56. The van der Waals surface area contributed by atoms with Crippen molar-refractivity contribution in [3.63, 3.8) is 0 Å². The molecule has 2 N–H and O–H groups in total. The van der Waals surface area contributed by atoms with Crippen molar-refractivity contribution in [2.24, 2.45) is 0 Å². The van der Waals surface area contributed by atoms with Crippen LogP contribution in [-0.4, -0.2) is 24.0 Å². The molecular weight excluding hydrogens is 338 g/mol. The number of hydrogen-bond donors (Lipinski definition) is 2. The van der Waals surface area contributed by atoms with Crippen molar-refractivity contribution < 1.29 is 9.53 Å². The molecule has 1 aromatic carbocycles. The van der Waals surface area contributed by atoms with E-state index in [-0.39, 0.29) is 5.91 Å². The summed E-state index contributed by atoms with van der Waals surface area (Å²) in [5.74, 6) is 1.24. The Morgan fingerprint density at radius 2 is 1.67 bits per heavy atom. The van der Waals surface area contributed by atoms with Crippen LogP contribution in [0.5, 0.6) is 11.6 Å². The average Bonchev–Trinajstić information content (AvgIpc) is 2.64. The summed E-state index contributed by atoms with van der Waals surface area (Å²) in [6.45, 7) is 12.3. The number of nitrogens with one attached hydrogen (secondary N) is 2. The maximum absolute atomic E-state index is 11.9. The highest BCUT2D eigenvalue weighted by molar-refractivity contribution is 5.94. The number of carbonyl (C=O) groups is 1. The maximum atomic E-state index is 11.9. The van der Waals surface area contributed by atoms with Crippen LogP contribution in [0.2, 0.25) is 0 Å². The van der Waals surface area contributed by atoms with E-state index in [1.807, 2.05) is 39.8 Å². The number of anilines is 1. The van der Waals surface area contributed by atoms with E-state index in [2.05, 4.69) is 35.5 Å². The van der Waals surface area contributed by atoms with Gasteiger partial charge in [-0.3, -0.25) is 4.79 Å². The highest BCUT2D eigenvalue weighted by Gasteiger charge is 2.16. The Bertz CT molecular complexity index is 804. The lowest BCUT2D eigenvalue weighted by Crippen LogP contribution is -2.18. The molecule has 0 bridgehead atoms. The molecule has 0 saturated carbocycles. The van der Waals surface area contributed by atoms with Crippen LogP contribution in [0.4, 0.5) is 5.69 Å². The predicted molar refractivity (Wildman–Crippen MR) is 111 cm³/mol. The lowest BCUT2D eigenvalue weighted by atomic mass is 10.0. The number of nitrogens with zero attached hydrogens (tertiary/aromatic N) is 1. The smallest absolute Gasteiger partial charge is 0.251 e. The Kier molecular flexibility index (Phi) is 6.83. The van der Waals surface area contributed by atoms with Gasteiger partial charge in [0.25, 0.3) is 5.91 Å². The van der Waals surface area contributed by atoms with Gasteiger partial charge in [-0.25, -0.2) is 4.98 Å². The number of rotatable bonds is 7. The van der Waals surface area contributed by atoms with Crippen molar-refractivity contribution in [1.29, 1.82) is 0 Å². The molecule has 27 heavy (non-hydrogen) atoms. The number of amides is 1. The number of aryl methyl sites for hydroxylation is 3. The number of aromatic nitrogens is 1. The first kappa shape index (κ1) is 20.7. The highest BCUT2D eigenvalue weighted by atomic mass is 16.5. The minimum atomic E-state index is -0.103. The fraction of sp³-hybridized carbons (Fsp3) is 0.455.